The molecule has 4 nitrogen and oxygen atoms in total. The zero-order valence-corrected chi connectivity index (χ0v) is 9.31. The summed E-state index contributed by atoms with van der Waals surface area (Å²) in [6.45, 7) is 1.33. The van der Waals surface area contributed by atoms with Crippen LogP contribution in [0.5, 0.6) is 0 Å². The van der Waals surface area contributed by atoms with Gasteiger partial charge in [-0.25, -0.2) is 4.79 Å². The number of hydrogen-bond donors (Lipinski definition) is 0. The van der Waals surface area contributed by atoms with Gasteiger partial charge < -0.3 is 9.47 Å². The number of carbonyl (C=O) groups is 1. The molecule has 0 atom stereocenters. The Kier molecular flexibility index (Phi) is 3.51. The van der Waals surface area contributed by atoms with Crippen molar-refractivity contribution in [2.24, 2.45) is 5.92 Å². The van der Waals surface area contributed by atoms with Crippen LogP contribution in [0.15, 0.2) is 18.3 Å². The highest BCUT2D eigenvalue weighted by Gasteiger charge is 2.21. The first-order valence-corrected chi connectivity index (χ1v) is 5.40. The van der Waals surface area contributed by atoms with Gasteiger partial charge in [0.15, 0.2) is 0 Å². The Hall–Kier alpha value is -1.42. The molecule has 0 bridgehead atoms. The minimum atomic E-state index is -0.363. The van der Waals surface area contributed by atoms with Gasteiger partial charge >= 0.3 is 5.97 Å². The SMILES string of the molecule is COC(=O)c1ccc(COCC2CC2)nc1. The molecule has 0 aromatic carbocycles. The number of pyridine rings is 1. The fourth-order valence-corrected chi connectivity index (χ4v) is 1.36. The van der Waals surface area contributed by atoms with E-state index >= 15 is 0 Å². The largest absolute Gasteiger partial charge is 0.465 e. The normalized spacial score (nSPS) is 14.8. The number of carbonyl (C=O) groups excluding carboxylic acids is 1. The summed E-state index contributed by atoms with van der Waals surface area (Å²) >= 11 is 0. The van der Waals surface area contributed by atoms with Crippen LogP contribution in [0.3, 0.4) is 0 Å². The summed E-state index contributed by atoms with van der Waals surface area (Å²) in [4.78, 5) is 15.3. The van der Waals surface area contributed by atoms with Crippen LogP contribution >= 0.6 is 0 Å². The van der Waals surface area contributed by atoms with Crippen molar-refractivity contribution in [3.8, 4) is 0 Å². The summed E-state index contributed by atoms with van der Waals surface area (Å²) in [5.74, 6) is 0.396. The van der Waals surface area contributed by atoms with E-state index in [1.54, 1.807) is 12.1 Å². The molecule has 0 aliphatic heterocycles. The summed E-state index contributed by atoms with van der Waals surface area (Å²) in [6, 6.07) is 3.49. The topological polar surface area (TPSA) is 48.4 Å². The average molecular weight is 221 g/mol. The van der Waals surface area contributed by atoms with Crippen molar-refractivity contribution >= 4 is 5.97 Å². The Morgan fingerprint density at radius 1 is 1.50 bits per heavy atom. The molecule has 16 heavy (non-hydrogen) atoms. The fraction of sp³-hybridized carbons (Fsp3) is 0.500. The summed E-state index contributed by atoms with van der Waals surface area (Å²) in [5, 5.41) is 0. The third kappa shape index (κ3) is 3.03. The molecular weight excluding hydrogens is 206 g/mol. The van der Waals surface area contributed by atoms with Crippen LogP contribution in [-0.2, 0) is 16.1 Å². The maximum atomic E-state index is 11.1. The van der Waals surface area contributed by atoms with Crippen molar-refractivity contribution in [3.63, 3.8) is 0 Å². The standard InChI is InChI=1S/C12H15NO3/c1-15-12(14)10-4-5-11(13-6-10)8-16-7-9-2-3-9/h4-6,9H,2-3,7-8H2,1H3. The number of rotatable bonds is 5. The van der Waals surface area contributed by atoms with Crippen molar-refractivity contribution < 1.29 is 14.3 Å². The lowest BCUT2D eigenvalue weighted by molar-refractivity contribution is 0.0600. The predicted molar refractivity (Wildman–Crippen MR) is 58.0 cm³/mol. The number of esters is 1. The Balaban J connectivity index is 1.83. The maximum Gasteiger partial charge on any atom is 0.339 e. The summed E-state index contributed by atoms with van der Waals surface area (Å²) < 4.78 is 10.1. The van der Waals surface area contributed by atoms with Crippen LogP contribution in [0.1, 0.15) is 28.9 Å². The van der Waals surface area contributed by atoms with E-state index in [9.17, 15) is 4.79 Å². The van der Waals surface area contributed by atoms with Gasteiger partial charge in [0.2, 0.25) is 0 Å². The molecule has 1 aliphatic rings. The van der Waals surface area contributed by atoms with E-state index in [1.165, 1.54) is 26.1 Å². The van der Waals surface area contributed by atoms with Gasteiger partial charge in [-0.05, 0) is 30.9 Å². The quantitative estimate of drug-likeness (QED) is 0.711. The van der Waals surface area contributed by atoms with Crippen LogP contribution in [0.2, 0.25) is 0 Å². The number of methoxy groups -OCH3 is 1. The molecule has 0 amide bonds. The third-order valence-electron chi connectivity index (χ3n) is 2.55. The molecule has 86 valence electrons. The van der Waals surface area contributed by atoms with E-state index in [1.807, 2.05) is 0 Å². The van der Waals surface area contributed by atoms with Crippen molar-refractivity contribution in [2.75, 3.05) is 13.7 Å². The average Bonchev–Trinajstić information content (AvgIpc) is 3.13. The predicted octanol–water partition coefficient (Wildman–Crippen LogP) is 1.79. The molecule has 1 saturated carbocycles. The van der Waals surface area contributed by atoms with Crippen molar-refractivity contribution in [1.82, 2.24) is 4.98 Å². The monoisotopic (exact) mass is 221 g/mol. The molecule has 0 spiro atoms. The fourth-order valence-electron chi connectivity index (χ4n) is 1.36. The highest BCUT2D eigenvalue weighted by Crippen LogP contribution is 2.28. The first-order valence-electron chi connectivity index (χ1n) is 5.40. The van der Waals surface area contributed by atoms with E-state index in [4.69, 9.17) is 4.74 Å². The molecule has 0 N–H and O–H groups in total. The molecule has 1 heterocycles. The lowest BCUT2D eigenvalue weighted by atomic mass is 10.2. The van der Waals surface area contributed by atoms with Gasteiger partial charge in [0.1, 0.15) is 0 Å². The van der Waals surface area contributed by atoms with Gasteiger partial charge in [-0.15, -0.1) is 0 Å². The minimum absolute atomic E-state index is 0.363. The van der Waals surface area contributed by atoms with Crippen LogP contribution in [-0.4, -0.2) is 24.7 Å². The highest BCUT2D eigenvalue weighted by atomic mass is 16.5. The van der Waals surface area contributed by atoms with Gasteiger partial charge in [0.25, 0.3) is 0 Å². The molecule has 1 aromatic heterocycles. The lowest BCUT2D eigenvalue weighted by Crippen LogP contribution is -2.04. The second-order valence-corrected chi connectivity index (χ2v) is 3.99. The second kappa shape index (κ2) is 5.07. The highest BCUT2D eigenvalue weighted by molar-refractivity contribution is 5.88. The van der Waals surface area contributed by atoms with Crippen molar-refractivity contribution in [3.05, 3.63) is 29.6 Å². The molecular formula is C12H15NO3. The van der Waals surface area contributed by atoms with E-state index < -0.39 is 0 Å². The molecule has 1 aromatic rings. The van der Waals surface area contributed by atoms with E-state index in [-0.39, 0.29) is 5.97 Å². The Morgan fingerprint density at radius 3 is 2.88 bits per heavy atom. The van der Waals surface area contributed by atoms with Crippen LogP contribution < -0.4 is 0 Å². The summed E-state index contributed by atoms with van der Waals surface area (Å²) in [6.07, 6.45) is 4.09. The third-order valence-corrected chi connectivity index (χ3v) is 2.55. The van der Waals surface area contributed by atoms with Crippen LogP contribution in [0, 0.1) is 5.92 Å². The summed E-state index contributed by atoms with van der Waals surface area (Å²) in [5.41, 5.74) is 1.31. The molecule has 2 rings (SSSR count). The van der Waals surface area contributed by atoms with Crippen LogP contribution in [0.4, 0.5) is 0 Å². The van der Waals surface area contributed by atoms with Gasteiger partial charge in [-0.2, -0.15) is 0 Å². The van der Waals surface area contributed by atoms with E-state index in [0.29, 0.717) is 12.2 Å². The van der Waals surface area contributed by atoms with E-state index in [0.717, 1.165) is 18.2 Å². The molecule has 4 heteroatoms. The Morgan fingerprint density at radius 2 is 2.31 bits per heavy atom. The van der Waals surface area contributed by atoms with Gasteiger partial charge in [0.05, 0.1) is 25.0 Å². The van der Waals surface area contributed by atoms with Crippen molar-refractivity contribution in [1.29, 1.82) is 0 Å². The smallest absolute Gasteiger partial charge is 0.339 e. The second-order valence-electron chi connectivity index (χ2n) is 3.99. The Bertz CT molecular complexity index is 357. The van der Waals surface area contributed by atoms with Crippen LogP contribution in [0.25, 0.3) is 0 Å². The number of nitrogens with zero attached hydrogens (tertiary/aromatic N) is 1. The molecule has 1 aliphatic carbocycles. The zero-order chi connectivity index (χ0) is 11.4. The number of hydrogen-bond acceptors (Lipinski definition) is 4. The first-order chi connectivity index (χ1) is 7.79. The minimum Gasteiger partial charge on any atom is -0.465 e. The Labute approximate surface area is 94.6 Å². The zero-order valence-electron chi connectivity index (χ0n) is 9.31. The summed E-state index contributed by atoms with van der Waals surface area (Å²) in [7, 11) is 1.36. The molecule has 0 radical (unpaired) electrons. The van der Waals surface area contributed by atoms with Gasteiger partial charge in [-0.1, -0.05) is 0 Å². The molecule has 1 fully saturated rings. The number of aromatic nitrogens is 1. The lowest BCUT2D eigenvalue weighted by Gasteiger charge is -2.03. The first kappa shape index (κ1) is 11.1. The van der Waals surface area contributed by atoms with Gasteiger partial charge in [-0.3, -0.25) is 4.98 Å². The van der Waals surface area contributed by atoms with Gasteiger partial charge in [0, 0.05) is 12.8 Å². The molecule has 0 saturated heterocycles. The number of ether oxygens (including phenoxy) is 2. The van der Waals surface area contributed by atoms with Crippen molar-refractivity contribution in [2.45, 2.75) is 19.4 Å². The maximum absolute atomic E-state index is 11.1. The molecule has 0 unspecified atom stereocenters. The van der Waals surface area contributed by atoms with E-state index in [2.05, 4.69) is 9.72 Å².